The summed E-state index contributed by atoms with van der Waals surface area (Å²) in [7, 11) is 0. The Labute approximate surface area is 154 Å². The highest BCUT2D eigenvalue weighted by Crippen LogP contribution is 2.22. The van der Waals surface area contributed by atoms with Crippen molar-refractivity contribution >= 4 is 17.7 Å². The molecule has 0 aliphatic heterocycles. The highest BCUT2D eigenvalue weighted by atomic mass is 32.2. The second-order valence-corrected chi connectivity index (χ2v) is 7.13. The Balaban J connectivity index is 1.75. The molecule has 0 aliphatic carbocycles. The van der Waals surface area contributed by atoms with E-state index in [-0.39, 0.29) is 17.8 Å². The van der Waals surface area contributed by atoms with Gasteiger partial charge in [0.15, 0.2) is 0 Å². The summed E-state index contributed by atoms with van der Waals surface area (Å²) in [6, 6.07) is 16.6. The van der Waals surface area contributed by atoms with Crippen LogP contribution in [-0.2, 0) is 22.7 Å². The number of benzene rings is 2. The zero-order valence-corrected chi connectivity index (χ0v) is 15.1. The number of alkyl halides is 3. The predicted octanol–water partition coefficient (Wildman–Crippen LogP) is 4.56. The first kappa shape index (κ1) is 20.3. The quantitative estimate of drug-likeness (QED) is 0.679. The van der Waals surface area contributed by atoms with Crippen LogP contribution in [0.25, 0.3) is 0 Å². The lowest BCUT2D eigenvalue weighted by Gasteiger charge is -2.12. The number of hydrogen-bond acceptors (Lipinski definition) is 3. The average molecular weight is 383 g/mol. The summed E-state index contributed by atoms with van der Waals surface area (Å²) in [5.74, 6) is -0.0727. The summed E-state index contributed by atoms with van der Waals surface area (Å²) < 4.78 is 40.7. The smallest absolute Gasteiger partial charge is 0.367 e. The van der Waals surface area contributed by atoms with E-state index in [2.05, 4.69) is 10.1 Å². The molecule has 0 saturated heterocycles. The number of thioether (sulfide) groups is 1. The van der Waals surface area contributed by atoms with Crippen LogP contribution < -0.4 is 5.32 Å². The summed E-state index contributed by atoms with van der Waals surface area (Å²) in [6.45, 7) is 0.842. The first-order valence-corrected chi connectivity index (χ1v) is 8.93. The third-order valence-corrected chi connectivity index (χ3v) is 4.56. The van der Waals surface area contributed by atoms with E-state index in [9.17, 15) is 18.0 Å². The van der Waals surface area contributed by atoms with Gasteiger partial charge in [-0.1, -0.05) is 42.5 Å². The van der Waals surface area contributed by atoms with Gasteiger partial charge in [-0.15, -0.1) is 11.8 Å². The first-order valence-electron chi connectivity index (χ1n) is 8.05. The Bertz CT molecular complexity index is 690. The molecule has 2 aromatic carbocycles. The van der Waals surface area contributed by atoms with Crippen molar-refractivity contribution in [2.45, 2.75) is 36.4 Å². The largest absolute Gasteiger partial charge is 0.411 e. The minimum absolute atomic E-state index is 0.0727. The molecule has 0 saturated carbocycles. The molecule has 140 valence electrons. The Morgan fingerprint density at radius 2 is 1.69 bits per heavy atom. The maximum atomic E-state index is 12.2. The van der Waals surface area contributed by atoms with Gasteiger partial charge in [-0.05, 0) is 30.2 Å². The number of rotatable bonds is 8. The van der Waals surface area contributed by atoms with Gasteiger partial charge in [0.1, 0.15) is 6.61 Å². The fourth-order valence-electron chi connectivity index (χ4n) is 2.13. The molecule has 0 radical (unpaired) electrons. The van der Waals surface area contributed by atoms with Crippen molar-refractivity contribution < 1.29 is 22.7 Å². The van der Waals surface area contributed by atoms with E-state index in [0.29, 0.717) is 12.1 Å². The molecule has 1 N–H and O–H groups in total. The van der Waals surface area contributed by atoms with Crippen molar-refractivity contribution in [3.05, 3.63) is 65.7 Å². The van der Waals surface area contributed by atoms with Crippen molar-refractivity contribution in [3.63, 3.8) is 0 Å². The zero-order chi connectivity index (χ0) is 19.0. The summed E-state index contributed by atoms with van der Waals surface area (Å²) in [4.78, 5) is 13.2. The molecule has 1 atom stereocenters. The second-order valence-electron chi connectivity index (χ2n) is 5.72. The highest BCUT2D eigenvalue weighted by molar-refractivity contribution is 8.00. The Kier molecular flexibility index (Phi) is 7.53. The Morgan fingerprint density at radius 3 is 2.31 bits per heavy atom. The number of hydrogen-bond donors (Lipinski definition) is 1. The van der Waals surface area contributed by atoms with Crippen LogP contribution in [0.2, 0.25) is 0 Å². The van der Waals surface area contributed by atoms with E-state index in [4.69, 9.17) is 0 Å². The number of halogens is 3. The lowest BCUT2D eigenvalue weighted by molar-refractivity contribution is -0.176. The van der Waals surface area contributed by atoms with E-state index in [1.165, 1.54) is 11.8 Å². The van der Waals surface area contributed by atoms with Crippen LogP contribution in [0.3, 0.4) is 0 Å². The normalized spacial score (nSPS) is 12.6. The lowest BCUT2D eigenvalue weighted by atomic mass is 10.1. The molecule has 0 heterocycles. The lowest BCUT2D eigenvalue weighted by Crippen LogP contribution is -2.30. The third kappa shape index (κ3) is 7.49. The Morgan fingerprint density at radius 1 is 1.08 bits per heavy atom. The molecule has 2 aromatic rings. The van der Waals surface area contributed by atoms with Crippen molar-refractivity contribution in [3.8, 4) is 0 Å². The summed E-state index contributed by atoms with van der Waals surface area (Å²) in [6.07, 6.45) is -4.32. The molecular formula is C19H20F3NO2S. The fraction of sp³-hybridized carbons (Fsp3) is 0.316. The van der Waals surface area contributed by atoms with E-state index in [1.807, 2.05) is 37.3 Å². The first-order chi connectivity index (χ1) is 12.3. The van der Waals surface area contributed by atoms with Gasteiger partial charge in [-0.25, -0.2) is 0 Å². The molecule has 0 bridgehead atoms. The van der Waals surface area contributed by atoms with Crippen LogP contribution >= 0.6 is 11.8 Å². The van der Waals surface area contributed by atoms with Gasteiger partial charge in [-0.2, -0.15) is 13.2 Å². The zero-order valence-electron chi connectivity index (χ0n) is 14.3. The van der Waals surface area contributed by atoms with E-state index >= 15 is 0 Å². The SMILES string of the molecule is CC(Sc1ccccc1)C(=O)NCc1ccc(COCC(F)(F)F)cc1. The van der Waals surface area contributed by atoms with Crippen LogP contribution in [0, 0.1) is 0 Å². The minimum Gasteiger partial charge on any atom is -0.367 e. The van der Waals surface area contributed by atoms with E-state index < -0.39 is 12.8 Å². The fourth-order valence-corrected chi connectivity index (χ4v) is 3.04. The molecule has 0 aromatic heterocycles. The molecule has 1 amide bonds. The Hall–Kier alpha value is -1.99. The molecule has 3 nitrogen and oxygen atoms in total. The van der Waals surface area contributed by atoms with Gasteiger partial charge in [0.05, 0.1) is 11.9 Å². The third-order valence-electron chi connectivity index (χ3n) is 3.45. The van der Waals surface area contributed by atoms with Gasteiger partial charge in [0, 0.05) is 11.4 Å². The van der Waals surface area contributed by atoms with Crippen LogP contribution in [-0.4, -0.2) is 23.9 Å². The maximum absolute atomic E-state index is 12.2. The number of carbonyl (C=O) groups excluding carboxylic acids is 1. The molecule has 0 aliphatic rings. The minimum atomic E-state index is -4.32. The average Bonchev–Trinajstić information content (AvgIpc) is 2.60. The van der Waals surface area contributed by atoms with Gasteiger partial charge in [0.2, 0.25) is 5.91 Å². The summed E-state index contributed by atoms with van der Waals surface area (Å²) in [5.41, 5.74) is 1.52. The van der Waals surface area contributed by atoms with Crippen LogP contribution in [0.15, 0.2) is 59.5 Å². The maximum Gasteiger partial charge on any atom is 0.411 e. The standard InChI is InChI=1S/C19H20F3NO2S/c1-14(26-17-5-3-2-4-6-17)18(24)23-11-15-7-9-16(10-8-15)12-25-13-19(20,21)22/h2-10,14H,11-13H2,1H3,(H,23,24). The van der Waals surface area contributed by atoms with Crippen molar-refractivity contribution in [2.24, 2.45) is 0 Å². The molecule has 0 fully saturated rings. The highest BCUT2D eigenvalue weighted by Gasteiger charge is 2.27. The van der Waals surface area contributed by atoms with Crippen molar-refractivity contribution in [1.29, 1.82) is 0 Å². The van der Waals surface area contributed by atoms with Crippen LogP contribution in [0.5, 0.6) is 0 Å². The number of ether oxygens (including phenoxy) is 1. The van der Waals surface area contributed by atoms with Crippen LogP contribution in [0.4, 0.5) is 13.2 Å². The molecule has 1 unspecified atom stereocenters. The van der Waals surface area contributed by atoms with Crippen LogP contribution in [0.1, 0.15) is 18.1 Å². The number of amides is 1. The summed E-state index contributed by atoms with van der Waals surface area (Å²) in [5, 5.41) is 2.63. The van der Waals surface area contributed by atoms with Gasteiger partial charge in [0.25, 0.3) is 0 Å². The molecule has 26 heavy (non-hydrogen) atoms. The number of nitrogens with one attached hydrogen (secondary N) is 1. The van der Waals surface area contributed by atoms with Gasteiger partial charge < -0.3 is 10.1 Å². The molecule has 0 spiro atoms. The van der Waals surface area contributed by atoms with Crippen molar-refractivity contribution in [1.82, 2.24) is 5.32 Å². The molecule has 2 rings (SSSR count). The van der Waals surface area contributed by atoms with Crippen molar-refractivity contribution in [2.75, 3.05) is 6.61 Å². The predicted molar refractivity (Wildman–Crippen MR) is 95.8 cm³/mol. The second kappa shape index (κ2) is 9.64. The number of carbonyl (C=O) groups is 1. The monoisotopic (exact) mass is 383 g/mol. The molecular weight excluding hydrogens is 363 g/mol. The molecule has 7 heteroatoms. The van der Waals surface area contributed by atoms with Gasteiger partial charge in [-0.3, -0.25) is 4.79 Å². The van der Waals surface area contributed by atoms with E-state index in [1.54, 1.807) is 24.3 Å². The van der Waals surface area contributed by atoms with E-state index in [0.717, 1.165) is 10.5 Å². The summed E-state index contributed by atoms with van der Waals surface area (Å²) >= 11 is 1.48. The topological polar surface area (TPSA) is 38.3 Å². The van der Waals surface area contributed by atoms with Gasteiger partial charge >= 0.3 is 6.18 Å².